The zero-order valence-corrected chi connectivity index (χ0v) is 12.0. The van der Waals surface area contributed by atoms with E-state index in [1.165, 1.54) is 43.6 Å². The number of hydrogen-bond acceptors (Lipinski definition) is 3. The molecule has 4 heteroatoms. The topological polar surface area (TPSA) is 32.6 Å². The van der Waals surface area contributed by atoms with Gasteiger partial charge < -0.3 is 9.72 Å². The first-order valence-corrected chi connectivity index (χ1v) is 7.69. The summed E-state index contributed by atoms with van der Waals surface area (Å²) in [5, 5.41) is 3.74. The van der Waals surface area contributed by atoms with Crippen molar-refractivity contribution in [3.05, 3.63) is 35.8 Å². The van der Waals surface area contributed by atoms with E-state index >= 15 is 0 Å². The minimum absolute atomic E-state index is 0.696. The molecule has 0 aromatic carbocycles. The molecule has 20 heavy (non-hydrogen) atoms. The quantitative estimate of drug-likeness (QED) is 0.905. The molecular formula is C16H22N4. The van der Waals surface area contributed by atoms with Crippen molar-refractivity contribution in [3.63, 3.8) is 0 Å². The lowest BCUT2D eigenvalue weighted by atomic mass is 10.1. The molecule has 2 aliphatic rings. The summed E-state index contributed by atoms with van der Waals surface area (Å²) in [5.74, 6) is 0. The van der Waals surface area contributed by atoms with Crippen molar-refractivity contribution in [1.82, 2.24) is 19.6 Å². The minimum atomic E-state index is 0.696. The number of nitrogens with one attached hydrogen (secondary N) is 1. The molecule has 2 unspecified atom stereocenters. The molecule has 0 aliphatic carbocycles. The van der Waals surface area contributed by atoms with Crippen LogP contribution in [0.5, 0.6) is 0 Å². The molecule has 2 atom stereocenters. The van der Waals surface area contributed by atoms with Gasteiger partial charge in [0.05, 0.1) is 5.69 Å². The van der Waals surface area contributed by atoms with E-state index < -0.39 is 0 Å². The van der Waals surface area contributed by atoms with Crippen LogP contribution in [-0.2, 0) is 6.54 Å². The summed E-state index contributed by atoms with van der Waals surface area (Å²) >= 11 is 0. The van der Waals surface area contributed by atoms with Crippen LogP contribution in [0.4, 0.5) is 0 Å². The molecule has 4 nitrogen and oxygen atoms in total. The molecule has 2 aliphatic heterocycles. The Bertz CT molecular complexity index is 618. The van der Waals surface area contributed by atoms with Crippen molar-refractivity contribution in [2.75, 3.05) is 13.1 Å². The van der Waals surface area contributed by atoms with E-state index in [2.05, 4.69) is 46.1 Å². The van der Waals surface area contributed by atoms with Gasteiger partial charge in [-0.05, 0) is 37.8 Å². The Morgan fingerprint density at radius 1 is 1.20 bits per heavy atom. The van der Waals surface area contributed by atoms with E-state index in [1.54, 1.807) is 0 Å². The maximum absolute atomic E-state index is 4.74. The van der Waals surface area contributed by atoms with E-state index in [0.29, 0.717) is 6.04 Å². The van der Waals surface area contributed by atoms with Gasteiger partial charge in [0.2, 0.25) is 0 Å². The lowest BCUT2D eigenvalue weighted by molar-refractivity contribution is 0.248. The molecule has 0 saturated carbocycles. The Hall–Kier alpha value is -1.39. The molecule has 2 aromatic heterocycles. The monoisotopic (exact) mass is 270 g/mol. The number of aromatic nitrogens is 2. The molecule has 0 radical (unpaired) electrons. The SMILES string of the molecule is Cc1ccc2nc(CN3CCC4CCC(C3)N4)cn2c1. The molecule has 0 amide bonds. The first-order valence-electron chi connectivity index (χ1n) is 7.69. The summed E-state index contributed by atoms with van der Waals surface area (Å²) in [7, 11) is 0. The number of hydrogen-bond donors (Lipinski definition) is 1. The molecule has 1 N–H and O–H groups in total. The predicted molar refractivity (Wildman–Crippen MR) is 79.8 cm³/mol. The zero-order chi connectivity index (χ0) is 13.5. The van der Waals surface area contributed by atoms with Crippen molar-refractivity contribution in [3.8, 4) is 0 Å². The number of likely N-dealkylation sites (tertiary alicyclic amines) is 1. The van der Waals surface area contributed by atoms with E-state index in [1.807, 2.05) is 0 Å². The van der Waals surface area contributed by atoms with Crippen LogP contribution < -0.4 is 5.32 Å². The fourth-order valence-corrected chi connectivity index (χ4v) is 3.62. The minimum Gasteiger partial charge on any atom is -0.310 e. The summed E-state index contributed by atoms with van der Waals surface area (Å²) in [6.07, 6.45) is 8.32. The lowest BCUT2D eigenvalue weighted by Crippen LogP contribution is -2.35. The molecule has 2 fully saturated rings. The van der Waals surface area contributed by atoms with Gasteiger partial charge in [-0.25, -0.2) is 4.98 Å². The van der Waals surface area contributed by atoms with Crippen molar-refractivity contribution in [2.24, 2.45) is 0 Å². The van der Waals surface area contributed by atoms with Gasteiger partial charge in [-0.2, -0.15) is 0 Å². The second kappa shape index (κ2) is 4.86. The first-order chi connectivity index (χ1) is 9.76. The Morgan fingerprint density at radius 2 is 2.10 bits per heavy atom. The highest BCUT2D eigenvalue weighted by Crippen LogP contribution is 2.21. The number of imidazole rings is 1. The van der Waals surface area contributed by atoms with E-state index in [-0.39, 0.29) is 0 Å². The largest absolute Gasteiger partial charge is 0.310 e. The highest BCUT2D eigenvalue weighted by atomic mass is 15.2. The number of rotatable bonds is 2. The van der Waals surface area contributed by atoms with Gasteiger partial charge in [0.15, 0.2) is 0 Å². The number of nitrogens with zero attached hydrogens (tertiary/aromatic N) is 3. The van der Waals surface area contributed by atoms with Gasteiger partial charge in [0, 0.05) is 44.1 Å². The third kappa shape index (κ3) is 2.34. The van der Waals surface area contributed by atoms with Gasteiger partial charge in [-0.3, -0.25) is 4.90 Å². The fourth-order valence-electron chi connectivity index (χ4n) is 3.62. The average Bonchev–Trinajstić information content (AvgIpc) is 2.95. The van der Waals surface area contributed by atoms with Crippen LogP contribution >= 0.6 is 0 Å². The van der Waals surface area contributed by atoms with Crippen LogP contribution in [0.3, 0.4) is 0 Å². The highest BCUT2D eigenvalue weighted by molar-refractivity contribution is 5.41. The Morgan fingerprint density at radius 3 is 3.05 bits per heavy atom. The third-order valence-electron chi connectivity index (χ3n) is 4.64. The van der Waals surface area contributed by atoms with E-state index in [9.17, 15) is 0 Å². The molecular weight excluding hydrogens is 248 g/mol. The van der Waals surface area contributed by atoms with Gasteiger partial charge in [0.25, 0.3) is 0 Å². The Kier molecular flexibility index (Phi) is 3.00. The highest BCUT2D eigenvalue weighted by Gasteiger charge is 2.29. The summed E-state index contributed by atoms with van der Waals surface area (Å²) in [6.45, 7) is 5.46. The summed E-state index contributed by atoms with van der Waals surface area (Å²) in [5.41, 5.74) is 3.52. The third-order valence-corrected chi connectivity index (χ3v) is 4.64. The smallest absolute Gasteiger partial charge is 0.137 e. The van der Waals surface area contributed by atoms with Crippen LogP contribution in [0.1, 0.15) is 30.5 Å². The molecule has 2 aromatic rings. The van der Waals surface area contributed by atoms with Gasteiger partial charge in [0.1, 0.15) is 5.65 Å². The Labute approximate surface area is 119 Å². The summed E-state index contributed by atoms with van der Waals surface area (Å²) in [6, 6.07) is 5.68. The average molecular weight is 270 g/mol. The number of fused-ring (bicyclic) bond motifs is 3. The Balaban J connectivity index is 1.52. The standard InChI is InChI=1S/C16H22N4/c1-12-2-5-16-18-15(11-20(16)8-12)10-19-7-6-13-3-4-14(9-19)17-13/h2,5,8,11,13-14,17H,3-4,6-7,9-10H2,1H3. The van der Waals surface area contributed by atoms with Crippen molar-refractivity contribution < 1.29 is 0 Å². The second-order valence-electron chi connectivity index (χ2n) is 6.37. The first kappa shape index (κ1) is 12.4. The van der Waals surface area contributed by atoms with E-state index in [4.69, 9.17) is 4.98 Å². The zero-order valence-electron chi connectivity index (χ0n) is 12.0. The fraction of sp³-hybridized carbons (Fsp3) is 0.562. The van der Waals surface area contributed by atoms with Gasteiger partial charge in [-0.1, -0.05) is 6.07 Å². The van der Waals surface area contributed by atoms with Crippen LogP contribution in [-0.4, -0.2) is 39.5 Å². The van der Waals surface area contributed by atoms with E-state index in [0.717, 1.165) is 18.2 Å². The summed E-state index contributed by atoms with van der Waals surface area (Å²) < 4.78 is 2.15. The van der Waals surface area contributed by atoms with Crippen molar-refractivity contribution >= 4 is 5.65 Å². The maximum Gasteiger partial charge on any atom is 0.137 e. The maximum atomic E-state index is 4.74. The molecule has 2 bridgehead atoms. The van der Waals surface area contributed by atoms with Crippen molar-refractivity contribution in [2.45, 2.75) is 44.8 Å². The molecule has 2 saturated heterocycles. The van der Waals surface area contributed by atoms with Crippen LogP contribution in [0.25, 0.3) is 5.65 Å². The van der Waals surface area contributed by atoms with Gasteiger partial charge in [-0.15, -0.1) is 0 Å². The van der Waals surface area contributed by atoms with Crippen LogP contribution in [0.15, 0.2) is 24.5 Å². The normalized spacial score (nSPS) is 27.1. The molecule has 0 spiro atoms. The summed E-state index contributed by atoms with van der Waals surface area (Å²) in [4.78, 5) is 7.30. The number of pyridine rings is 1. The second-order valence-corrected chi connectivity index (χ2v) is 6.37. The number of aryl methyl sites for hydroxylation is 1. The lowest BCUT2D eigenvalue weighted by Gasteiger charge is -2.22. The molecule has 4 heterocycles. The van der Waals surface area contributed by atoms with Crippen molar-refractivity contribution in [1.29, 1.82) is 0 Å². The van der Waals surface area contributed by atoms with Gasteiger partial charge >= 0.3 is 0 Å². The van der Waals surface area contributed by atoms with Crippen LogP contribution in [0.2, 0.25) is 0 Å². The van der Waals surface area contributed by atoms with Crippen LogP contribution in [0, 0.1) is 6.92 Å². The molecule has 4 rings (SSSR count). The predicted octanol–water partition coefficient (Wildman–Crippen LogP) is 1.97. The molecule has 106 valence electrons.